The van der Waals surface area contributed by atoms with Gasteiger partial charge in [-0.05, 0) is 24.3 Å². The van der Waals surface area contributed by atoms with Crippen LogP contribution in [0.4, 0.5) is 13.9 Å². The lowest BCUT2D eigenvalue weighted by Crippen LogP contribution is -2.13. The highest BCUT2D eigenvalue weighted by Crippen LogP contribution is 2.24. The van der Waals surface area contributed by atoms with E-state index in [9.17, 15) is 13.6 Å². The Morgan fingerprint density at radius 2 is 2.00 bits per heavy atom. The maximum Gasteiger partial charge on any atom is 0.387 e. The van der Waals surface area contributed by atoms with Crippen molar-refractivity contribution in [2.45, 2.75) is 6.61 Å². The van der Waals surface area contributed by atoms with Gasteiger partial charge in [0.15, 0.2) is 5.82 Å². The molecule has 7 nitrogen and oxygen atoms in total. The number of halogens is 2. The maximum absolute atomic E-state index is 12.1. The van der Waals surface area contributed by atoms with Crippen LogP contribution >= 0.6 is 11.5 Å². The van der Waals surface area contributed by atoms with Gasteiger partial charge in [-0.2, -0.15) is 18.1 Å². The molecule has 10 heteroatoms. The predicted molar refractivity (Wildman–Crippen MR) is 82.0 cm³/mol. The molecule has 1 aromatic carbocycles. The zero-order valence-corrected chi connectivity index (χ0v) is 12.7. The van der Waals surface area contributed by atoms with E-state index in [1.165, 1.54) is 30.7 Å². The summed E-state index contributed by atoms with van der Waals surface area (Å²) in [6.45, 7) is -2.88. The number of anilines is 1. The molecule has 0 unspecified atom stereocenters. The second-order valence-electron chi connectivity index (χ2n) is 4.37. The zero-order valence-electron chi connectivity index (χ0n) is 11.9. The molecule has 0 radical (unpaired) electrons. The highest BCUT2D eigenvalue weighted by molar-refractivity contribution is 7.10. The minimum atomic E-state index is -2.88. The van der Waals surface area contributed by atoms with Gasteiger partial charge in [-0.15, -0.1) is 0 Å². The average Bonchev–Trinajstić information content (AvgIpc) is 3.04. The van der Waals surface area contributed by atoms with E-state index < -0.39 is 12.5 Å². The van der Waals surface area contributed by atoms with Crippen LogP contribution in [-0.2, 0) is 0 Å². The third kappa shape index (κ3) is 3.84. The monoisotopic (exact) mass is 349 g/mol. The summed E-state index contributed by atoms with van der Waals surface area (Å²) < 4.78 is 32.6. The van der Waals surface area contributed by atoms with E-state index in [-0.39, 0.29) is 16.6 Å². The van der Waals surface area contributed by atoms with Crippen molar-refractivity contribution >= 4 is 22.6 Å². The van der Waals surface area contributed by atoms with Gasteiger partial charge in [0.1, 0.15) is 11.4 Å². The lowest BCUT2D eigenvalue weighted by atomic mass is 10.2. The average molecular weight is 349 g/mol. The number of hydrogen-bond donors (Lipinski definition) is 1. The molecule has 2 aromatic heterocycles. The summed E-state index contributed by atoms with van der Waals surface area (Å²) in [6, 6.07) is 5.88. The predicted octanol–water partition coefficient (Wildman–Crippen LogP) is 2.85. The fourth-order valence-corrected chi connectivity index (χ4v) is 2.34. The first-order valence-corrected chi connectivity index (χ1v) is 7.35. The van der Waals surface area contributed by atoms with Gasteiger partial charge in [-0.25, -0.2) is 4.98 Å². The van der Waals surface area contributed by atoms with Gasteiger partial charge >= 0.3 is 6.61 Å². The molecule has 0 fully saturated rings. The number of rotatable bonds is 5. The highest BCUT2D eigenvalue weighted by Gasteiger charge is 2.12. The Bertz CT molecular complexity index is 827. The summed E-state index contributed by atoms with van der Waals surface area (Å²) in [6.07, 6.45) is 4.20. The molecule has 1 amide bonds. The quantitative estimate of drug-likeness (QED) is 0.762. The van der Waals surface area contributed by atoms with E-state index in [0.29, 0.717) is 11.4 Å². The Labute approximate surface area is 138 Å². The molecular formula is C14H9F2N5O2S. The van der Waals surface area contributed by atoms with Gasteiger partial charge in [0.05, 0.1) is 6.20 Å². The molecule has 0 bridgehead atoms. The van der Waals surface area contributed by atoms with Gasteiger partial charge in [0, 0.05) is 29.5 Å². The number of carbonyl (C=O) groups is 1. The van der Waals surface area contributed by atoms with Crippen LogP contribution < -0.4 is 10.1 Å². The third-order valence-corrected chi connectivity index (χ3v) is 3.41. The van der Waals surface area contributed by atoms with Crippen LogP contribution in [0.5, 0.6) is 5.75 Å². The number of ether oxygens (including phenoxy) is 1. The molecular weight excluding hydrogens is 340 g/mol. The van der Waals surface area contributed by atoms with E-state index >= 15 is 0 Å². The fourth-order valence-electron chi connectivity index (χ4n) is 1.75. The molecule has 0 saturated carbocycles. The van der Waals surface area contributed by atoms with E-state index in [1.54, 1.807) is 12.1 Å². The molecule has 2 heterocycles. The molecule has 0 saturated heterocycles. The smallest absolute Gasteiger partial charge is 0.387 e. The number of amides is 1. The van der Waals surface area contributed by atoms with Crippen LogP contribution in [0.2, 0.25) is 0 Å². The third-order valence-electron chi connectivity index (χ3n) is 2.78. The van der Waals surface area contributed by atoms with Gasteiger partial charge in [0.2, 0.25) is 5.13 Å². The Kier molecular flexibility index (Phi) is 4.66. The molecule has 0 atom stereocenters. The van der Waals surface area contributed by atoms with Gasteiger partial charge in [-0.1, -0.05) is 0 Å². The summed E-state index contributed by atoms with van der Waals surface area (Å²) in [5, 5.41) is 2.85. The van der Waals surface area contributed by atoms with Crippen molar-refractivity contribution < 1.29 is 18.3 Å². The first-order valence-electron chi connectivity index (χ1n) is 6.58. The Hall–Kier alpha value is -3.01. The van der Waals surface area contributed by atoms with Crippen molar-refractivity contribution in [2.75, 3.05) is 5.32 Å². The Balaban J connectivity index is 1.70. The molecule has 122 valence electrons. The van der Waals surface area contributed by atoms with Gasteiger partial charge in [-0.3, -0.25) is 15.1 Å². The van der Waals surface area contributed by atoms with E-state index in [0.717, 1.165) is 11.5 Å². The van der Waals surface area contributed by atoms with Crippen molar-refractivity contribution in [3.63, 3.8) is 0 Å². The van der Waals surface area contributed by atoms with E-state index in [1.807, 2.05) is 0 Å². The lowest BCUT2D eigenvalue weighted by molar-refractivity contribution is -0.0498. The molecule has 1 N–H and O–H groups in total. The SMILES string of the molecule is O=C(Nc1nc(-c2ccc(OC(F)F)cc2)ns1)c1cnccn1. The standard InChI is InChI=1S/C14H9F2N5O2S/c15-13(16)23-9-3-1-8(2-4-9)11-19-14(24-21-11)20-12(22)10-7-17-5-6-18-10/h1-7,13H,(H,19,20,21,22). The molecule has 0 aliphatic carbocycles. The minimum Gasteiger partial charge on any atom is -0.435 e. The number of carbonyl (C=O) groups excluding carboxylic acids is 1. The number of nitrogens with one attached hydrogen (secondary N) is 1. The molecule has 0 spiro atoms. The normalized spacial score (nSPS) is 10.6. The summed E-state index contributed by atoms with van der Waals surface area (Å²) in [5.41, 5.74) is 0.760. The van der Waals surface area contributed by atoms with Crippen LogP contribution in [0.25, 0.3) is 11.4 Å². The summed E-state index contributed by atoms with van der Waals surface area (Å²) in [7, 11) is 0. The Morgan fingerprint density at radius 3 is 2.67 bits per heavy atom. The number of nitrogens with zero attached hydrogens (tertiary/aromatic N) is 4. The molecule has 24 heavy (non-hydrogen) atoms. The highest BCUT2D eigenvalue weighted by atomic mass is 32.1. The Morgan fingerprint density at radius 1 is 1.21 bits per heavy atom. The van der Waals surface area contributed by atoms with Crippen molar-refractivity contribution in [2.24, 2.45) is 0 Å². The minimum absolute atomic E-state index is 0.0418. The van der Waals surface area contributed by atoms with Crippen molar-refractivity contribution in [3.8, 4) is 17.1 Å². The molecule has 0 aliphatic heterocycles. The topological polar surface area (TPSA) is 89.9 Å². The maximum atomic E-state index is 12.1. The number of alkyl halides is 2. The second kappa shape index (κ2) is 7.04. The molecule has 0 aliphatic rings. The second-order valence-corrected chi connectivity index (χ2v) is 5.12. The number of benzene rings is 1. The molecule has 3 aromatic rings. The van der Waals surface area contributed by atoms with Crippen LogP contribution in [0.3, 0.4) is 0 Å². The fraction of sp³-hybridized carbons (Fsp3) is 0.0714. The summed E-state index contributed by atoms with van der Waals surface area (Å²) in [4.78, 5) is 23.8. The lowest BCUT2D eigenvalue weighted by Gasteiger charge is -2.04. The number of hydrogen-bond acceptors (Lipinski definition) is 7. The van der Waals surface area contributed by atoms with Crippen LogP contribution in [-0.4, -0.2) is 31.8 Å². The van der Waals surface area contributed by atoms with E-state index in [4.69, 9.17) is 0 Å². The van der Waals surface area contributed by atoms with Crippen LogP contribution in [0.15, 0.2) is 42.9 Å². The van der Waals surface area contributed by atoms with Crippen molar-refractivity contribution in [3.05, 3.63) is 48.5 Å². The largest absolute Gasteiger partial charge is 0.435 e. The zero-order chi connectivity index (χ0) is 16.9. The first kappa shape index (κ1) is 15.9. The van der Waals surface area contributed by atoms with Gasteiger partial charge < -0.3 is 4.74 Å². The number of aromatic nitrogens is 4. The van der Waals surface area contributed by atoms with Crippen molar-refractivity contribution in [1.29, 1.82) is 0 Å². The van der Waals surface area contributed by atoms with Crippen LogP contribution in [0.1, 0.15) is 10.5 Å². The van der Waals surface area contributed by atoms with E-state index in [2.05, 4.69) is 29.4 Å². The van der Waals surface area contributed by atoms with Crippen molar-refractivity contribution in [1.82, 2.24) is 19.3 Å². The summed E-state index contributed by atoms with van der Waals surface area (Å²) in [5.74, 6) is -0.0512. The molecule has 3 rings (SSSR count). The van der Waals surface area contributed by atoms with Gasteiger partial charge in [0.25, 0.3) is 5.91 Å². The summed E-state index contributed by atoms with van der Waals surface area (Å²) >= 11 is 0.990. The van der Waals surface area contributed by atoms with Crippen LogP contribution in [0, 0.1) is 0 Å². The first-order chi connectivity index (χ1) is 11.6.